The van der Waals surface area contributed by atoms with Gasteiger partial charge in [-0.05, 0) is 56.0 Å². The molecule has 0 radical (unpaired) electrons. The van der Waals surface area contributed by atoms with Crippen molar-refractivity contribution in [2.75, 3.05) is 20.3 Å². The monoisotopic (exact) mass is 484 g/mol. The van der Waals surface area contributed by atoms with Crippen LogP contribution in [0.4, 0.5) is 0 Å². The molecule has 9 heteroatoms. The summed E-state index contributed by atoms with van der Waals surface area (Å²) in [6, 6.07) is 8.61. The molecule has 7 nitrogen and oxygen atoms in total. The number of allylic oxidation sites excluding steroid dienone is 1. The molecule has 0 N–H and O–H groups in total. The van der Waals surface area contributed by atoms with Crippen LogP contribution >= 0.6 is 22.7 Å². The molecule has 0 bridgehead atoms. The second kappa shape index (κ2) is 9.76. The summed E-state index contributed by atoms with van der Waals surface area (Å²) in [5.74, 6) is 0.616. The van der Waals surface area contributed by atoms with Crippen LogP contribution in [-0.4, -0.2) is 30.9 Å². The zero-order valence-electron chi connectivity index (χ0n) is 18.8. The highest BCUT2D eigenvalue weighted by atomic mass is 32.1. The van der Waals surface area contributed by atoms with Crippen LogP contribution in [0.5, 0.6) is 11.5 Å². The van der Waals surface area contributed by atoms with E-state index in [-0.39, 0.29) is 12.2 Å². The number of benzene rings is 1. The topological polar surface area (TPSA) is 79.1 Å². The Kier molecular flexibility index (Phi) is 6.80. The largest absolute Gasteiger partial charge is 0.493 e. The van der Waals surface area contributed by atoms with E-state index >= 15 is 0 Å². The van der Waals surface area contributed by atoms with Gasteiger partial charge in [-0.2, -0.15) is 0 Å². The van der Waals surface area contributed by atoms with E-state index < -0.39 is 12.0 Å². The molecule has 0 unspecified atom stereocenters. The van der Waals surface area contributed by atoms with Crippen LogP contribution in [0.25, 0.3) is 6.08 Å². The van der Waals surface area contributed by atoms with E-state index in [1.807, 2.05) is 36.6 Å². The van der Waals surface area contributed by atoms with Crippen molar-refractivity contribution in [1.29, 1.82) is 0 Å². The summed E-state index contributed by atoms with van der Waals surface area (Å²) < 4.78 is 18.6. The molecule has 4 rings (SSSR count). The fourth-order valence-corrected chi connectivity index (χ4v) is 5.51. The Morgan fingerprint density at radius 3 is 2.70 bits per heavy atom. The van der Waals surface area contributed by atoms with Gasteiger partial charge in [0.15, 0.2) is 16.3 Å². The van der Waals surface area contributed by atoms with Crippen LogP contribution in [0, 0.1) is 0 Å². The quantitative estimate of drug-likeness (QED) is 0.481. The highest BCUT2D eigenvalue weighted by Crippen LogP contribution is 2.36. The molecule has 0 spiro atoms. The van der Waals surface area contributed by atoms with E-state index in [1.165, 1.54) is 11.3 Å². The fraction of sp³-hybridized carbons (Fsp3) is 0.292. The molecular weight excluding hydrogens is 460 g/mol. The van der Waals surface area contributed by atoms with Gasteiger partial charge in [0.25, 0.3) is 5.56 Å². The molecule has 0 fully saturated rings. The summed E-state index contributed by atoms with van der Waals surface area (Å²) in [5.41, 5.74) is 1.36. The van der Waals surface area contributed by atoms with Gasteiger partial charge in [0.05, 0.1) is 42.2 Å². The van der Waals surface area contributed by atoms with Crippen LogP contribution in [0.2, 0.25) is 0 Å². The van der Waals surface area contributed by atoms with Gasteiger partial charge in [0, 0.05) is 4.88 Å². The second-order valence-electron chi connectivity index (χ2n) is 7.16. The number of thiazole rings is 1. The van der Waals surface area contributed by atoms with Gasteiger partial charge in [-0.15, -0.1) is 11.3 Å². The highest BCUT2D eigenvalue weighted by molar-refractivity contribution is 7.11. The Labute approximate surface area is 198 Å². The molecule has 0 saturated heterocycles. The Morgan fingerprint density at radius 1 is 1.21 bits per heavy atom. The highest BCUT2D eigenvalue weighted by Gasteiger charge is 2.33. The van der Waals surface area contributed by atoms with E-state index in [4.69, 9.17) is 14.2 Å². The summed E-state index contributed by atoms with van der Waals surface area (Å²) in [6.45, 7) is 6.07. The Bertz CT molecular complexity index is 1380. The van der Waals surface area contributed by atoms with Crippen LogP contribution in [-0.2, 0) is 9.53 Å². The van der Waals surface area contributed by atoms with E-state index in [0.717, 1.165) is 4.88 Å². The number of carbonyl (C=O) groups excluding carboxylic acids is 1. The number of ether oxygens (including phenoxy) is 3. The molecule has 0 amide bonds. The normalized spacial score (nSPS) is 15.8. The number of hydrogen-bond acceptors (Lipinski definition) is 8. The molecule has 1 aliphatic rings. The number of esters is 1. The average molecular weight is 485 g/mol. The first kappa shape index (κ1) is 23.0. The van der Waals surface area contributed by atoms with Crippen molar-refractivity contribution < 1.29 is 19.0 Å². The smallest absolute Gasteiger partial charge is 0.338 e. The number of methoxy groups -OCH3 is 1. The van der Waals surface area contributed by atoms with Gasteiger partial charge >= 0.3 is 5.97 Å². The number of hydrogen-bond donors (Lipinski definition) is 0. The average Bonchev–Trinajstić information content (AvgIpc) is 3.41. The van der Waals surface area contributed by atoms with Gasteiger partial charge in [-0.1, -0.05) is 23.5 Å². The molecule has 1 atom stereocenters. The first-order chi connectivity index (χ1) is 16.0. The first-order valence-corrected chi connectivity index (χ1v) is 12.2. The van der Waals surface area contributed by atoms with Crippen molar-refractivity contribution in [3.8, 4) is 11.5 Å². The van der Waals surface area contributed by atoms with Gasteiger partial charge in [-0.25, -0.2) is 9.79 Å². The van der Waals surface area contributed by atoms with Gasteiger partial charge in [0.1, 0.15) is 0 Å². The van der Waals surface area contributed by atoms with Crippen molar-refractivity contribution >= 4 is 34.7 Å². The predicted molar refractivity (Wildman–Crippen MR) is 129 cm³/mol. The number of rotatable bonds is 7. The lowest BCUT2D eigenvalue weighted by molar-refractivity contribution is -0.139. The Hall–Kier alpha value is -3.17. The third-order valence-corrected chi connectivity index (χ3v) is 6.94. The lowest BCUT2D eigenvalue weighted by atomic mass is 9.95. The van der Waals surface area contributed by atoms with Gasteiger partial charge in [0.2, 0.25) is 0 Å². The maximum atomic E-state index is 13.5. The van der Waals surface area contributed by atoms with Crippen molar-refractivity contribution in [1.82, 2.24) is 4.57 Å². The molecule has 0 aliphatic carbocycles. The zero-order chi connectivity index (χ0) is 23.5. The van der Waals surface area contributed by atoms with Crippen LogP contribution in [0.15, 0.2) is 56.8 Å². The third-order valence-electron chi connectivity index (χ3n) is 5.14. The molecule has 0 saturated carbocycles. The lowest BCUT2D eigenvalue weighted by Gasteiger charge is -2.25. The second-order valence-corrected chi connectivity index (χ2v) is 9.15. The molecule has 1 aliphatic heterocycles. The summed E-state index contributed by atoms with van der Waals surface area (Å²) in [6.07, 6.45) is 1.86. The van der Waals surface area contributed by atoms with E-state index in [9.17, 15) is 9.59 Å². The van der Waals surface area contributed by atoms with Crippen molar-refractivity contribution in [3.63, 3.8) is 0 Å². The summed E-state index contributed by atoms with van der Waals surface area (Å²) in [7, 11) is 1.57. The van der Waals surface area contributed by atoms with E-state index in [0.29, 0.717) is 44.3 Å². The number of aromatic nitrogens is 1. The van der Waals surface area contributed by atoms with Crippen LogP contribution in [0.1, 0.15) is 37.3 Å². The number of fused-ring (bicyclic) bond motifs is 1. The minimum atomic E-state index is -0.698. The minimum Gasteiger partial charge on any atom is -0.493 e. The van der Waals surface area contributed by atoms with Gasteiger partial charge in [-0.3, -0.25) is 9.36 Å². The number of nitrogens with zero attached hydrogens (tertiary/aromatic N) is 2. The summed E-state index contributed by atoms with van der Waals surface area (Å²) in [5, 5.41) is 1.96. The van der Waals surface area contributed by atoms with E-state index in [1.54, 1.807) is 49.0 Å². The maximum absolute atomic E-state index is 13.5. The van der Waals surface area contributed by atoms with Crippen molar-refractivity contribution in [2.45, 2.75) is 26.8 Å². The molecular formula is C24H24N2O5S2. The lowest BCUT2D eigenvalue weighted by Crippen LogP contribution is -2.39. The van der Waals surface area contributed by atoms with Crippen molar-refractivity contribution in [2.24, 2.45) is 4.99 Å². The van der Waals surface area contributed by atoms with Gasteiger partial charge < -0.3 is 14.2 Å². The van der Waals surface area contributed by atoms with Crippen LogP contribution in [0.3, 0.4) is 0 Å². The minimum absolute atomic E-state index is 0.208. The van der Waals surface area contributed by atoms with E-state index in [2.05, 4.69) is 4.99 Å². The third kappa shape index (κ3) is 4.38. The molecule has 172 valence electrons. The summed E-state index contributed by atoms with van der Waals surface area (Å²) >= 11 is 2.86. The molecule has 3 heterocycles. The summed E-state index contributed by atoms with van der Waals surface area (Å²) in [4.78, 5) is 32.6. The number of carbonyl (C=O) groups is 1. The fourth-order valence-electron chi connectivity index (χ4n) is 3.74. The predicted octanol–water partition coefficient (Wildman–Crippen LogP) is 3.27. The van der Waals surface area contributed by atoms with Crippen molar-refractivity contribution in [3.05, 3.63) is 77.1 Å². The van der Waals surface area contributed by atoms with Crippen LogP contribution < -0.4 is 24.4 Å². The number of thiophene rings is 1. The maximum Gasteiger partial charge on any atom is 0.338 e. The molecule has 3 aromatic rings. The molecule has 2 aromatic heterocycles. The Morgan fingerprint density at radius 2 is 2.03 bits per heavy atom. The molecule has 1 aromatic carbocycles. The molecule has 33 heavy (non-hydrogen) atoms. The standard InChI is InChI=1S/C24H24N2O5S2/c1-5-30-18-12-15(9-10-17(18)29-4)21-20(23(28)31-6-2)14(3)25-24-26(21)22(27)19(33-24)13-16-8-7-11-32-16/h7-13,21H,5-6H2,1-4H3/t21-/m0/s1. The first-order valence-electron chi connectivity index (χ1n) is 10.5. The SMILES string of the molecule is CCOC(=O)C1=C(C)N=c2sc(=Cc3cccs3)c(=O)n2[C@H]1c1ccc(OC)c(OCC)c1. The zero-order valence-corrected chi connectivity index (χ0v) is 20.4. The Balaban J connectivity index is 1.97.